The molecule has 2 aromatic rings. The van der Waals surface area contributed by atoms with Gasteiger partial charge in [-0.05, 0) is 38.8 Å². The van der Waals surface area contributed by atoms with E-state index in [2.05, 4.69) is 15.7 Å². The van der Waals surface area contributed by atoms with E-state index in [4.69, 9.17) is 0 Å². The lowest BCUT2D eigenvalue weighted by Crippen LogP contribution is -2.36. The van der Waals surface area contributed by atoms with E-state index in [1.54, 1.807) is 28.9 Å². The Morgan fingerprint density at radius 1 is 1.25 bits per heavy atom. The van der Waals surface area contributed by atoms with Crippen LogP contribution in [0.5, 0.6) is 0 Å². The number of aryl methyl sites for hydroxylation is 1. The highest BCUT2D eigenvalue weighted by atomic mass is 19.1. The first-order valence-electron chi connectivity index (χ1n) is 7.77. The number of halogens is 1. The summed E-state index contributed by atoms with van der Waals surface area (Å²) in [7, 11) is 0. The third-order valence-electron chi connectivity index (χ3n) is 3.50. The van der Waals surface area contributed by atoms with E-state index in [9.17, 15) is 14.0 Å². The summed E-state index contributed by atoms with van der Waals surface area (Å²) < 4.78 is 15.2. The molecule has 0 atom stereocenters. The Labute approximate surface area is 140 Å². The van der Waals surface area contributed by atoms with E-state index in [0.29, 0.717) is 17.8 Å². The maximum absolute atomic E-state index is 13.5. The minimum Gasteiger partial charge on any atom is -0.347 e. The Kier molecular flexibility index (Phi) is 5.68. The average Bonchev–Trinajstić information content (AvgIpc) is 2.89. The maximum Gasteiger partial charge on any atom is 0.314 e. The van der Waals surface area contributed by atoms with Crippen molar-refractivity contribution in [3.8, 4) is 0 Å². The zero-order valence-electron chi connectivity index (χ0n) is 14.0. The van der Waals surface area contributed by atoms with Crippen LogP contribution in [0.2, 0.25) is 0 Å². The molecule has 0 saturated carbocycles. The number of hydrogen-bond acceptors (Lipinski definition) is 3. The van der Waals surface area contributed by atoms with Gasteiger partial charge in [0.2, 0.25) is 0 Å². The monoisotopic (exact) mass is 332 g/mol. The van der Waals surface area contributed by atoms with Gasteiger partial charge in [-0.2, -0.15) is 5.10 Å². The fourth-order valence-corrected chi connectivity index (χ4v) is 2.34. The standard InChI is InChI=1S/C17H21FN4O2/c1-11(2)22-12(3)10-15(21-22)20-17(24)16(23)19-9-8-13-6-4-5-7-14(13)18/h4-7,10-11H,8-9H2,1-3H3,(H,19,23)(H,20,21,24). The van der Waals surface area contributed by atoms with E-state index in [1.165, 1.54) is 6.07 Å². The van der Waals surface area contributed by atoms with Crippen molar-refractivity contribution in [1.29, 1.82) is 0 Å². The second-order valence-corrected chi connectivity index (χ2v) is 5.76. The molecular formula is C17H21FN4O2. The number of amides is 2. The van der Waals surface area contributed by atoms with Crippen molar-refractivity contribution in [2.24, 2.45) is 0 Å². The molecule has 24 heavy (non-hydrogen) atoms. The van der Waals surface area contributed by atoms with Crippen molar-refractivity contribution in [2.75, 3.05) is 11.9 Å². The van der Waals surface area contributed by atoms with Gasteiger partial charge in [-0.15, -0.1) is 0 Å². The maximum atomic E-state index is 13.5. The van der Waals surface area contributed by atoms with Crippen molar-refractivity contribution in [3.05, 3.63) is 47.4 Å². The molecule has 0 aliphatic carbocycles. The topological polar surface area (TPSA) is 76.0 Å². The summed E-state index contributed by atoms with van der Waals surface area (Å²) in [5.41, 5.74) is 1.38. The molecule has 2 rings (SSSR count). The first kappa shape index (κ1) is 17.7. The molecule has 1 aromatic heterocycles. The highest BCUT2D eigenvalue weighted by molar-refractivity contribution is 6.39. The van der Waals surface area contributed by atoms with Crippen LogP contribution in [0.1, 0.15) is 31.1 Å². The van der Waals surface area contributed by atoms with Gasteiger partial charge in [0, 0.05) is 24.3 Å². The molecule has 0 unspecified atom stereocenters. The number of carbonyl (C=O) groups is 2. The van der Waals surface area contributed by atoms with Gasteiger partial charge in [-0.25, -0.2) is 4.39 Å². The van der Waals surface area contributed by atoms with Gasteiger partial charge in [0.1, 0.15) is 5.82 Å². The molecule has 0 saturated heterocycles. The third-order valence-corrected chi connectivity index (χ3v) is 3.50. The highest BCUT2D eigenvalue weighted by Crippen LogP contribution is 2.13. The molecule has 128 valence electrons. The molecule has 6 nitrogen and oxygen atoms in total. The lowest BCUT2D eigenvalue weighted by molar-refractivity contribution is -0.136. The average molecular weight is 332 g/mol. The van der Waals surface area contributed by atoms with Gasteiger partial charge < -0.3 is 10.6 Å². The van der Waals surface area contributed by atoms with Gasteiger partial charge >= 0.3 is 11.8 Å². The second kappa shape index (κ2) is 7.72. The van der Waals surface area contributed by atoms with E-state index in [1.807, 2.05) is 20.8 Å². The van der Waals surface area contributed by atoms with Crippen LogP contribution in [0, 0.1) is 12.7 Å². The third kappa shape index (κ3) is 4.41. The largest absolute Gasteiger partial charge is 0.347 e. The van der Waals surface area contributed by atoms with Crippen LogP contribution in [-0.2, 0) is 16.0 Å². The predicted octanol–water partition coefficient (Wildman–Crippen LogP) is 2.21. The fraction of sp³-hybridized carbons (Fsp3) is 0.353. The molecule has 2 N–H and O–H groups in total. The van der Waals surface area contributed by atoms with Crippen molar-refractivity contribution in [1.82, 2.24) is 15.1 Å². The number of carbonyl (C=O) groups excluding carboxylic acids is 2. The Morgan fingerprint density at radius 2 is 1.96 bits per heavy atom. The summed E-state index contributed by atoms with van der Waals surface area (Å²) in [6, 6.07) is 8.18. The summed E-state index contributed by atoms with van der Waals surface area (Å²) in [4.78, 5) is 23.7. The van der Waals surface area contributed by atoms with E-state index < -0.39 is 11.8 Å². The lowest BCUT2D eigenvalue weighted by Gasteiger charge is -2.07. The Hall–Kier alpha value is -2.70. The van der Waals surface area contributed by atoms with Crippen molar-refractivity contribution >= 4 is 17.6 Å². The zero-order chi connectivity index (χ0) is 17.7. The van der Waals surface area contributed by atoms with Crippen LogP contribution in [0.25, 0.3) is 0 Å². The number of benzene rings is 1. The number of anilines is 1. The normalized spacial score (nSPS) is 10.7. The van der Waals surface area contributed by atoms with Crippen LogP contribution in [-0.4, -0.2) is 28.1 Å². The Morgan fingerprint density at radius 3 is 2.58 bits per heavy atom. The Balaban J connectivity index is 1.85. The van der Waals surface area contributed by atoms with Crippen molar-refractivity contribution < 1.29 is 14.0 Å². The molecule has 0 bridgehead atoms. The molecule has 1 aromatic carbocycles. The molecule has 2 amide bonds. The van der Waals surface area contributed by atoms with Crippen LogP contribution in [0.3, 0.4) is 0 Å². The van der Waals surface area contributed by atoms with Crippen LogP contribution < -0.4 is 10.6 Å². The van der Waals surface area contributed by atoms with Crippen LogP contribution in [0.15, 0.2) is 30.3 Å². The fourth-order valence-electron chi connectivity index (χ4n) is 2.34. The van der Waals surface area contributed by atoms with Crippen molar-refractivity contribution in [2.45, 2.75) is 33.2 Å². The number of nitrogens with one attached hydrogen (secondary N) is 2. The van der Waals surface area contributed by atoms with E-state index in [0.717, 1.165) is 5.69 Å². The number of aromatic nitrogens is 2. The quantitative estimate of drug-likeness (QED) is 0.824. The molecule has 0 aliphatic heterocycles. The highest BCUT2D eigenvalue weighted by Gasteiger charge is 2.16. The Bertz CT molecular complexity index is 740. The molecule has 1 heterocycles. The first-order valence-corrected chi connectivity index (χ1v) is 7.77. The van der Waals surface area contributed by atoms with Gasteiger partial charge in [0.25, 0.3) is 0 Å². The molecule has 0 fully saturated rings. The molecule has 0 spiro atoms. The van der Waals surface area contributed by atoms with E-state index in [-0.39, 0.29) is 18.4 Å². The van der Waals surface area contributed by atoms with E-state index >= 15 is 0 Å². The van der Waals surface area contributed by atoms with Crippen LogP contribution >= 0.6 is 0 Å². The number of rotatable bonds is 5. The minimum absolute atomic E-state index is 0.158. The minimum atomic E-state index is -0.795. The second-order valence-electron chi connectivity index (χ2n) is 5.76. The number of nitrogens with zero attached hydrogens (tertiary/aromatic N) is 2. The smallest absolute Gasteiger partial charge is 0.314 e. The van der Waals surface area contributed by atoms with Gasteiger partial charge in [-0.3, -0.25) is 14.3 Å². The summed E-state index contributed by atoms with van der Waals surface area (Å²) in [6.45, 7) is 5.99. The van der Waals surface area contributed by atoms with Crippen molar-refractivity contribution in [3.63, 3.8) is 0 Å². The summed E-state index contributed by atoms with van der Waals surface area (Å²) >= 11 is 0. The zero-order valence-corrected chi connectivity index (χ0v) is 14.0. The van der Waals surface area contributed by atoms with Gasteiger partial charge in [0.05, 0.1) is 0 Å². The molecule has 0 radical (unpaired) electrons. The molecule has 0 aliphatic rings. The van der Waals surface area contributed by atoms with Crippen LogP contribution in [0.4, 0.5) is 10.2 Å². The first-order chi connectivity index (χ1) is 11.4. The predicted molar refractivity (Wildman–Crippen MR) is 89.1 cm³/mol. The van der Waals surface area contributed by atoms with Gasteiger partial charge in [0.15, 0.2) is 5.82 Å². The summed E-state index contributed by atoms with van der Waals surface area (Å²) in [6.07, 6.45) is 0.312. The summed E-state index contributed by atoms with van der Waals surface area (Å²) in [5, 5.41) is 9.16. The number of hydrogen-bond donors (Lipinski definition) is 2. The SMILES string of the molecule is Cc1cc(NC(=O)C(=O)NCCc2ccccc2F)nn1C(C)C. The molecular weight excluding hydrogens is 311 g/mol. The lowest BCUT2D eigenvalue weighted by atomic mass is 10.1. The summed E-state index contributed by atoms with van der Waals surface area (Å²) in [5.74, 6) is -1.57. The van der Waals surface area contributed by atoms with Gasteiger partial charge in [-0.1, -0.05) is 18.2 Å². The molecule has 7 heteroatoms.